The maximum absolute atomic E-state index is 9.72. The van der Waals surface area contributed by atoms with Crippen LogP contribution in [-0.2, 0) is 0 Å². The molecular weight excluding hydrogens is 166 g/mol. The number of rotatable bonds is 3. The van der Waals surface area contributed by atoms with Crippen molar-refractivity contribution in [3.8, 4) is 5.75 Å². The van der Waals surface area contributed by atoms with Gasteiger partial charge in [0.15, 0.2) is 0 Å². The zero-order valence-electron chi connectivity index (χ0n) is 7.94. The first-order valence-electron chi connectivity index (χ1n) is 4.32. The number of nitrogens with zero attached hydrogens (tertiary/aromatic N) is 1. The molecule has 0 heterocycles. The van der Waals surface area contributed by atoms with Crippen molar-refractivity contribution in [1.29, 1.82) is 0 Å². The van der Waals surface area contributed by atoms with Crippen molar-refractivity contribution in [2.75, 3.05) is 13.6 Å². The molecule has 1 aromatic carbocycles. The standard InChI is InChI=1S/C10H15NO2/c1-3-11(2)10(13)8-4-6-9(12)7-5-8/h4-7,10,12-13H,3H2,1-2H3. The first kappa shape index (κ1) is 10.0. The second-order valence-electron chi connectivity index (χ2n) is 3.04. The van der Waals surface area contributed by atoms with Gasteiger partial charge in [-0.3, -0.25) is 4.90 Å². The van der Waals surface area contributed by atoms with Gasteiger partial charge in [0, 0.05) is 0 Å². The Morgan fingerprint density at radius 2 is 1.85 bits per heavy atom. The largest absolute Gasteiger partial charge is 0.508 e. The molecule has 0 aliphatic rings. The molecule has 1 unspecified atom stereocenters. The van der Waals surface area contributed by atoms with E-state index in [1.807, 2.05) is 18.9 Å². The Labute approximate surface area is 78.2 Å². The summed E-state index contributed by atoms with van der Waals surface area (Å²) in [6.07, 6.45) is -0.592. The van der Waals surface area contributed by atoms with E-state index in [0.717, 1.165) is 12.1 Å². The minimum Gasteiger partial charge on any atom is -0.508 e. The number of aromatic hydroxyl groups is 1. The zero-order valence-corrected chi connectivity index (χ0v) is 7.94. The molecule has 72 valence electrons. The van der Waals surface area contributed by atoms with Crippen LogP contribution in [0.4, 0.5) is 0 Å². The van der Waals surface area contributed by atoms with Crippen LogP contribution in [0.3, 0.4) is 0 Å². The first-order chi connectivity index (χ1) is 6.15. The maximum atomic E-state index is 9.72. The molecule has 0 spiro atoms. The predicted molar refractivity (Wildman–Crippen MR) is 51.4 cm³/mol. The van der Waals surface area contributed by atoms with E-state index in [-0.39, 0.29) is 5.75 Å². The van der Waals surface area contributed by atoms with Gasteiger partial charge in [0.25, 0.3) is 0 Å². The molecule has 0 saturated carbocycles. The van der Waals surface area contributed by atoms with Crippen LogP contribution in [0.2, 0.25) is 0 Å². The van der Waals surface area contributed by atoms with E-state index in [9.17, 15) is 5.11 Å². The van der Waals surface area contributed by atoms with E-state index in [2.05, 4.69) is 0 Å². The minimum absolute atomic E-state index is 0.218. The molecule has 0 aliphatic carbocycles. The lowest BCUT2D eigenvalue weighted by Gasteiger charge is -2.21. The Kier molecular flexibility index (Phi) is 3.28. The van der Waals surface area contributed by atoms with Gasteiger partial charge in [-0.2, -0.15) is 0 Å². The van der Waals surface area contributed by atoms with Crippen molar-refractivity contribution in [2.24, 2.45) is 0 Å². The van der Waals surface area contributed by atoms with Crippen LogP contribution in [0, 0.1) is 0 Å². The molecule has 2 N–H and O–H groups in total. The Morgan fingerprint density at radius 1 is 1.31 bits per heavy atom. The highest BCUT2D eigenvalue weighted by Gasteiger charge is 2.10. The molecule has 1 atom stereocenters. The van der Waals surface area contributed by atoms with Gasteiger partial charge in [-0.25, -0.2) is 0 Å². The van der Waals surface area contributed by atoms with E-state index in [1.54, 1.807) is 24.3 Å². The Balaban J connectivity index is 2.77. The van der Waals surface area contributed by atoms with Crippen molar-refractivity contribution < 1.29 is 10.2 Å². The monoisotopic (exact) mass is 181 g/mol. The topological polar surface area (TPSA) is 43.7 Å². The highest BCUT2D eigenvalue weighted by Crippen LogP contribution is 2.18. The van der Waals surface area contributed by atoms with Gasteiger partial charge in [0.2, 0.25) is 0 Å². The number of phenolic OH excluding ortho intramolecular Hbond substituents is 1. The van der Waals surface area contributed by atoms with Crippen LogP contribution in [0.15, 0.2) is 24.3 Å². The highest BCUT2D eigenvalue weighted by molar-refractivity contribution is 5.26. The number of aliphatic hydroxyl groups excluding tert-OH is 1. The van der Waals surface area contributed by atoms with Gasteiger partial charge >= 0.3 is 0 Å². The van der Waals surface area contributed by atoms with E-state index < -0.39 is 6.23 Å². The van der Waals surface area contributed by atoms with E-state index in [1.165, 1.54) is 0 Å². The number of hydrogen-bond acceptors (Lipinski definition) is 3. The number of hydrogen-bond donors (Lipinski definition) is 2. The number of phenols is 1. The summed E-state index contributed by atoms with van der Waals surface area (Å²) in [5, 5.41) is 18.8. The van der Waals surface area contributed by atoms with Crippen molar-refractivity contribution >= 4 is 0 Å². The van der Waals surface area contributed by atoms with E-state index in [0.29, 0.717) is 0 Å². The van der Waals surface area contributed by atoms with Crippen LogP contribution in [0.5, 0.6) is 5.75 Å². The smallest absolute Gasteiger partial charge is 0.133 e. The Bertz CT molecular complexity index is 258. The van der Waals surface area contributed by atoms with E-state index >= 15 is 0 Å². The molecule has 1 rings (SSSR count). The lowest BCUT2D eigenvalue weighted by Crippen LogP contribution is -2.23. The summed E-state index contributed by atoms with van der Waals surface area (Å²) in [7, 11) is 1.84. The first-order valence-corrected chi connectivity index (χ1v) is 4.32. The Morgan fingerprint density at radius 3 is 2.31 bits per heavy atom. The average molecular weight is 181 g/mol. The summed E-state index contributed by atoms with van der Waals surface area (Å²) in [5.74, 6) is 0.218. The van der Waals surface area contributed by atoms with Crippen molar-refractivity contribution in [2.45, 2.75) is 13.2 Å². The van der Waals surface area contributed by atoms with Crippen LogP contribution in [0.25, 0.3) is 0 Å². The fourth-order valence-electron chi connectivity index (χ4n) is 1.07. The van der Waals surface area contributed by atoms with E-state index in [4.69, 9.17) is 5.11 Å². The molecule has 3 nitrogen and oxygen atoms in total. The third-order valence-electron chi connectivity index (χ3n) is 2.11. The maximum Gasteiger partial charge on any atom is 0.133 e. The van der Waals surface area contributed by atoms with Gasteiger partial charge in [-0.15, -0.1) is 0 Å². The molecule has 0 aromatic heterocycles. The second kappa shape index (κ2) is 4.25. The fourth-order valence-corrected chi connectivity index (χ4v) is 1.07. The summed E-state index contributed by atoms with van der Waals surface area (Å²) in [4.78, 5) is 1.81. The Hall–Kier alpha value is -1.06. The SMILES string of the molecule is CCN(C)C(O)c1ccc(O)cc1. The highest BCUT2D eigenvalue weighted by atomic mass is 16.3. The summed E-state index contributed by atoms with van der Waals surface area (Å²) < 4.78 is 0. The van der Waals surface area contributed by atoms with Gasteiger partial charge in [-0.05, 0) is 31.3 Å². The molecule has 0 radical (unpaired) electrons. The molecular formula is C10H15NO2. The molecule has 0 fully saturated rings. The van der Waals surface area contributed by atoms with Crippen LogP contribution in [-0.4, -0.2) is 28.7 Å². The predicted octanol–water partition coefficient (Wildman–Crippen LogP) is 1.33. The van der Waals surface area contributed by atoms with Crippen molar-refractivity contribution in [3.05, 3.63) is 29.8 Å². The molecule has 0 bridgehead atoms. The molecule has 0 amide bonds. The lowest BCUT2D eigenvalue weighted by molar-refractivity contribution is 0.0245. The molecule has 0 aliphatic heterocycles. The lowest BCUT2D eigenvalue weighted by atomic mass is 10.2. The fraction of sp³-hybridized carbons (Fsp3) is 0.400. The quantitative estimate of drug-likeness (QED) is 0.691. The number of benzene rings is 1. The third kappa shape index (κ3) is 2.44. The van der Waals surface area contributed by atoms with Crippen LogP contribution < -0.4 is 0 Å². The molecule has 0 saturated heterocycles. The zero-order chi connectivity index (χ0) is 9.84. The summed E-state index contributed by atoms with van der Waals surface area (Å²) >= 11 is 0. The summed E-state index contributed by atoms with van der Waals surface area (Å²) in [6, 6.07) is 6.57. The van der Waals surface area contributed by atoms with Gasteiger partial charge in [0.1, 0.15) is 12.0 Å². The summed E-state index contributed by atoms with van der Waals surface area (Å²) in [5.41, 5.74) is 0.794. The summed E-state index contributed by atoms with van der Waals surface area (Å²) in [6.45, 7) is 2.76. The molecule has 3 heteroatoms. The molecule has 1 aromatic rings. The normalized spacial score (nSPS) is 13.2. The average Bonchev–Trinajstić information content (AvgIpc) is 2.17. The third-order valence-corrected chi connectivity index (χ3v) is 2.11. The van der Waals surface area contributed by atoms with Crippen LogP contribution >= 0.6 is 0 Å². The van der Waals surface area contributed by atoms with Crippen molar-refractivity contribution in [1.82, 2.24) is 4.90 Å². The second-order valence-corrected chi connectivity index (χ2v) is 3.04. The van der Waals surface area contributed by atoms with Gasteiger partial charge in [-0.1, -0.05) is 19.1 Å². The van der Waals surface area contributed by atoms with Crippen molar-refractivity contribution in [3.63, 3.8) is 0 Å². The molecule has 13 heavy (non-hydrogen) atoms. The van der Waals surface area contributed by atoms with Crippen LogP contribution in [0.1, 0.15) is 18.7 Å². The van der Waals surface area contributed by atoms with Gasteiger partial charge in [0.05, 0.1) is 0 Å². The van der Waals surface area contributed by atoms with Gasteiger partial charge < -0.3 is 10.2 Å². The minimum atomic E-state index is -0.592. The number of aliphatic hydroxyl groups is 1.